The maximum atomic E-state index is 12.9. The monoisotopic (exact) mass is 522 g/mol. The summed E-state index contributed by atoms with van der Waals surface area (Å²) in [7, 11) is 0. The van der Waals surface area contributed by atoms with Crippen molar-refractivity contribution in [2.75, 3.05) is 16.8 Å². The largest absolute Gasteiger partial charge is 0.452 e. The van der Waals surface area contributed by atoms with E-state index in [2.05, 4.69) is 5.32 Å². The van der Waals surface area contributed by atoms with E-state index in [0.29, 0.717) is 29.1 Å². The minimum Gasteiger partial charge on any atom is -0.452 e. The van der Waals surface area contributed by atoms with Crippen molar-refractivity contribution in [1.29, 1.82) is 0 Å². The van der Waals surface area contributed by atoms with Crippen LogP contribution in [0.25, 0.3) is 0 Å². The molecular weight excluding hydrogens is 503 g/mol. The standard InChI is InChI=1S/C24H21Cl3N2O5/c1-12-17(25)6-3-7-20(12)28-21(30)11-34-24(33)13-4-2-5-14(8-13)29-22(31)15-9-18(26)19(27)10-16(15)23(29)32/h2-8,15-16,18-19H,9-11H2,1H3,(H,28,30)/t15-,16+,18-,19-/m0/s1. The second kappa shape index (κ2) is 9.94. The van der Waals surface area contributed by atoms with Gasteiger partial charge in [-0.25, -0.2) is 4.79 Å². The maximum Gasteiger partial charge on any atom is 0.338 e. The fourth-order valence-corrected chi connectivity index (χ4v) is 5.03. The SMILES string of the molecule is Cc1c(Cl)cccc1NC(=O)COC(=O)c1cccc(N2C(=O)[C@H]3C[C@H](Cl)[C@@H](Cl)C[C@H]3C2=O)c1. The molecule has 4 rings (SSSR count). The number of halogens is 3. The average molecular weight is 524 g/mol. The van der Waals surface area contributed by atoms with Crippen molar-refractivity contribution >= 4 is 69.9 Å². The summed E-state index contributed by atoms with van der Waals surface area (Å²) in [5.74, 6) is -3.07. The van der Waals surface area contributed by atoms with Gasteiger partial charge in [0.25, 0.3) is 5.91 Å². The lowest BCUT2D eigenvalue weighted by Gasteiger charge is -2.28. The van der Waals surface area contributed by atoms with Gasteiger partial charge in [-0.15, -0.1) is 23.2 Å². The Balaban J connectivity index is 1.42. The molecule has 2 aromatic rings. The number of alkyl halides is 2. The molecule has 4 atom stereocenters. The van der Waals surface area contributed by atoms with Gasteiger partial charge in [0.1, 0.15) is 0 Å². The van der Waals surface area contributed by atoms with Crippen molar-refractivity contribution in [2.45, 2.75) is 30.5 Å². The molecule has 34 heavy (non-hydrogen) atoms. The molecule has 0 aromatic heterocycles. The second-order valence-corrected chi connectivity index (χ2v) is 9.84. The van der Waals surface area contributed by atoms with Crippen LogP contribution in [0.5, 0.6) is 0 Å². The Labute approximate surface area is 211 Å². The van der Waals surface area contributed by atoms with E-state index in [1.54, 1.807) is 37.3 Å². The maximum absolute atomic E-state index is 12.9. The molecule has 1 heterocycles. The predicted octanol–water partition coefficient (Wildman–Crippen LogP) is 4.56. The van der Waals surface area contributed by atoms with Crippen molar-refractivity contribution in [3.63, 3.8) is 0 Å². The first-order valence-electron chi connectivity index (χ1n) is 10.7. The molecule has 2 aliphatic rings. The topological polar surface area (TPSA) is 92.8 Å². The van der Waals surface area contributed by atoms with Crippen molar-refractivity contribution in [3.05, 3.63) is 58.6 Å². The lowest BCUT2D eigenvalue weighted by molar-refractivity contribution is -0.122. The first-order valence-corrected chi connectivity index (χ1v) is 11.9. The fraction of sp³-hybridized carbons (Fsp3) is 0.333. The molecule has 0 unspecified atom stereocenters. The van der Waals surface area contributed by atoms with Crippen LogP contribution >= 0.6 is 34.8 Å². The number of nitrogens with one attached hydrogen (secondary N) is 1. The predicted molar refractivity (Wildman–Crippen MR) is 130 cm³/mol. The van der Waals surface area contributed by atoms with Gasteiger partial charge in [-0.05, 0) is 55.7 Å². The van der Waals surface area contributed by atoms with Crippen LogP contribution in [0.2, 0.25) is 5.02 Å². The van der Waals surface area contributed by atoms with Crippen LogP contribution in [0, 0.1) is 18.8 Å². The summed E-state index contributed by atoms with van der Waals surface area (Å²) in [6, 6.07) is 11.1. The molecule has 7 nitrogen and oxygen atoms in total. The highest BCUT2D eigenvalue weighted by Gasteiger charge is 2.52. The summed E-state index contributed by atoms with van der Waals surface area (Å²) < 4.78 is 5.12. The molecule has 1 saturated carbocycles. The van der Waals surface area contributed by atoms with Gasteiger partial charge in [0.15, 0.2) is 6.61 Å². The Morgan fingerprint density at radius 2 is 1.65 bits per heavy atom. The van der Waals surface area contributed by atoms with Crippen LogP contribution in [0.4, 0.5) is 11.4 Å². The van der Waals surface area contributed by atoms with Gasteiger partial charge in [0.2, 0.25) is 11.8 Å². The Hall–Kier alpha value is -2.61. The zero-order valence-corrected chi connectivity index (χ0v) is 20.4. The number of anilines is 2. The van der Waals surface area contributed by atoms with E-state index in [1.165, 1.54) is 12.1 Å². The molecule has 1 aliphatic heterocycles. The summed E-state index contributed by atoms with van der Waals surface area (Å²) in [5, 5.41) is 2.37. The third-order valence-corrected chi connectivity index (χ3v) is 7.63. The normalized spacial score (nSPS) is 24.1. The molecule has 1 N–H and O–H groups in total. The number of nitrogens with zero attached hydrogens (tertiary/aromatic N) is 1. The summed E-state index contributed by atoms with van der Waals surface area (Å²) in [6.07, 6.45) is 0.648. The van der Waals surface area contributed by atoms with Gasteiger partial charge in [-0.3, -0.25) is 19.3 Å². The number of esters is 1. The molecule has 178 valence electrons. The zero-order chi connectivity index (χ0) is 24.6. The molecule has 1 saturated heterocycles. The summed E-state index contributed by atoms with van der Waals surface area (Å²) in [4.78, 5) is 51.7. The quantitative estimate of drug-likeness (QED) is 0.352. The second-order valence-electron chi connectivity index (χ2n) is 8.32. The number of fused-ring (bicyclic) bond motifs is 1. The smallest absolute Gasteiger partial charge is 0.338 e. The molecule has 10 heteroatoms. The average Bonchev–Trinajstić information content (AvgIpc) is 3.05. The Morgan fingerprint density at radius 1 is 1.03 bits per heavy atom. The van der Waals surface area contributed by atoms with Gasteiger partial charge < -0.3 is 10.1 Å². The molecule has 2 aromatic carbocycles. The number of hydrogen-bond donors (Lipinski definition) is 1. The van der Waals surface area contributed by atoms with Gasteiger partial charge >= 0.3 is 5.97 Å². The van der Waals surface area contributed by atoms with E-state index in [-0.39, 0.29) is 33.8 Å². The Morgan fingerprint density at radius 3 is 2.29 bits per heavy atom. The van der Waals surface area contributed by atoms with E-state index < -0.39 is 30.3 Å². The molecule has 3 amide bonds. The molecule has 0 spiro atoms. The summed E-state index contributed by atoms with van der Waals surface area (Å²) in [6.45, 7) is 1.24. The van der Waals surface area contributed by atoms with Crippen LogP contribution in [-0.2, 0) is 19.1 Å². The van der Waals surface area contributed by atoms with E-state index >= 15 is 0 Å². The highest BCUT2D eigenvalue weighted by atomic mass is 35.5. The summed E-state index contributed by atoms with van der Waals surface area (Å²) in [5.41, 5.74) is 1.57. The van der Waals surface area contributed by atoms with Crippen LogP contribution in [0.15, 0.2) is 42.5 Å². The number of imide groups is 1. The Kier molecular flexibility index (Phi) is 7.17. The third kappa shape index (κ3) is 4.78. The zero-order valence-electron chi connectivity index (χ0n) is 18.1. The third-order valence-electron chi connectivity index (χ3n) is 6.13. The summed E-state index contributed by atoms with van der Waals surface area (Å²) >= 11 is 18.5. The van der Waals surface area contributed by atoms with Gasteiger partial charge in [0.05, 0.1) is 33.8 Å². The van der Waals surface area contributed by atoms with Crippen LogP contribution in [-0.4, -0.2) is 41.1 Å². The Bertz CT molecular complexity index is 1140. The van der Waals surface area contributed by atoms with Crippen LogP contribution in [0.1, 0.15) is 28.8 Å². The number of ether oxygens (including phenoxy) is 1. The molecule has 2 fully saturated rings. The highest BCUT2D eigenvalue weighted by molar-refractivity contribution is 6.32. The molecule has 1 aliphatic carbocycles. The first kappa shape index (κ1) is 24.5. The number of hydrogen-bond acceptors (Lipinski definition) is 5. The number of carbonyl (C=O) groups excluding carboxylic acids is 4. The lowest BCUT2D eigenvalue weighted by Crippen LogP contribution is -2.34. The minimum absolute atomic E-state index is 0.102. The number of carbonyl (C=O) groups is 4. The van der Waals surface area contributed by atoms with Crippen LogP contribution < -0.4 is 10.2 Å². The number of benzene rings is 2. The minimum atomic E-state index is -0.766. The van der Waals surface area contributed by atoms with Gasteiger partial charge in [-0.1, -0.05) is 23.7 Å². The van der Waals surface area contributed by atoms with Crippen molar-refractivity contribution in [2.24, 2.45) is 11.8 Å². The van der Waals surface area contributed by atoms with Crippen molar-refractivity contribution in [1.82, 2.24) is 0 Å². The van der Waals surface area contributed by atoms with E-state index in [9.17, 15) is 19.2 Å². The van der Waals surface area contributed by atoms with Crippen molar-refractivity contribution in [3.8, 4) is 0 Å². The molecule has 0 bridgehead atoms. The molecular formula is C24H21Cl3N2O5. The van der Waals surface area contributed by atoms with Gasteiger partial charge in [-0.2, -0.15) is 0 Å². The van der Waals surface area contributed by atoms with Gasteiger partial charge in [0, 0.05) is 10.7 Å². The first-order chi connectivity index (χ1) is 16.2. The van der Waals surface area contributed by atoms with E-state index in [4.69, 9.17) is 39.5 Å². The lowest BCUT2D eigenvalue weighted by atomic mass is 9.80. The highest BCUT2D eigenvalue weighted by Crippen LogP contribution is 2.43. The van der Waals surface area contributed by atoms with E-state index in [1.807, 2.05) is 0 Å². The number of amides is 3. The number of rotatable bonds is 5. The fourth-order valence-electron chi connectivity index (χ4n) is 4.27. The van der Waals surface area contributed by atoms with E-state index in [0.717, 1.165) is 4.90 Å². The molecule has 0 radical (unpaired) electrons. The van der Waals surface area contributed by atoms with Crippen molar-refractivity contribution < 1.29 is 23.9 Å². The van der Waals surface area contributed by atoms with Crippen LogP contribution in [0.3, 0.4) is 0 Å².